The van der Waals surface area contributed by atoms with Crippen LogP contribution in [-0.2, 0) is 9.53 Å². The van der Waals surface area contributed by atoms with Gasteiger partial charge >= 0.3 is 5.97 Å². The average molecular weight is 255 g/mol. The van der Waals surface area contributed by atoms with E-state index >= 15 is 0 Å². The standard InChI is InChI=1S/C15H29NO2/c1-4-18-14(17)8-6-12-16-13-7-5-10-15(2,3)11-9-13/h13,16H,4-12H2,1-3H3. The third kappa shape index (κ3) is 6.39. The summed E-state index contributed by atoms with van der Waals surface area (Å²) in [5.74, 6) is -0.0682. The molecular weight excluding hydrogens is 226 g/mol. The van der Waals surface area contributed by atoms with Gasteiger partial charge in [0.2, 0.25) is 0 Å². The fraction of sp³-hybridized carbons (Fsp3) is 0.933. The van der Waals surface area contributed by atoms with E-state index in [1.807, 2.05) is 6.92 Å². The van der Waals surface area contributed by atoms with Crippen molar-refractivity contribution in [2.24, 2.45) is 5.41 Å². The van der Waals surface area contributed by atoms with Gasteiger partial charge in [-0.2, -0.15) is 0 Å². The Morgan fingerprint density at radius 1 is 1.33 bits per heavy atom. The summed E-state index contributed by atoms with van der Waals surface area (Å²) in [6.07, 6.45) is 7.95. The number of carbonyl (C=O) groups excluding carboxylic acids is 1. The van der Waals surface area contributed by atoms with Crippen LogP contribution in [0.2, 0.25) is 0 Å². The van der Waals surface area contributed by atoms with Gasteiger partial charge in [-0.25, -0.2) is 0 Å². The van der Waals surface area contributed by atoms with Gasteiger partial charge in [-0.15, -0.1) is 0 Å². The van der Waals surface area contributed by atoms with Crippen LogP contribution in [0.3, 0.4) is 0 Å². The summed E-state index contributed by atoms with van der Waals surface area (Å²) in [5, 5.41) is 3.59. The van der Waals surface area contributed by atoms with Crippen LogP contribution in [0.15, 0.2) is 0 Å². The minimum Gasteiger partial charge on any atom is -0.466 e. The lowest BCUT2D eigenvalue weighted by molar-refractivity contribution is -0.143. The summed E-state index contributed by atoms with van der Waals surface area (Å²) < 4.78 is 4.91. The van der Waals surface area contributed by atoms with Gasteiger partial charge in [0.15, 0.2) is 0 Å². The highest BCUT2D eigenvalue weighted by molar-refractivity contribution is 5.69. The molecule has 3 nitrogen and oxygen atoms in total. The lowest BCUT2D eigenvalue weighted by Gasteiger charge is -2.22. The molecule has 0 aromatic heterocycles. The van der Waals surface area contributed by atoms with Crippen molar-refractivity contribution >= 4 is 5.97 Å². The molecule has 1 N–H and O–H groups in total. The highest BCUT2D eigenvalue weighted by Crippen LogP contribution is 2.33. The van der Waals surface area contributed by atoms with Crippen LogP contribution in [0.25, 0.3) is 0 Å². The molecule has 1 aliphatic carbocycles. The van der Waals surface area contributed by atoms with Crippen molar-refractivity contribution in [3.8, 4) is 0 Å². The van der Waals surface area contributed by atoms with Gasteiger partial charge in [0.25, 0.3) is 0 Å². The van der Waals surface area contributed by atoms with Crippen LogP contribution in [0, 0.1) is 5.41 Å². The number of esters is 1. The number of ether oxygens (including phenoxy) is 1. The topological polar surface area (TPSA) is 38.3 Å². The maximum Gasteiger partial charge on any atom is 0.305 e. The van der Waals surface area contributed by atoms with E-state index in [4.69, 9.17) is 4.74 Å². The van der Waals surface area contributed by atoms with Crippen LogP contribution < -0.4 is 5.32 Å². The first-order valence-corrected chi connectivity index (χ1v) is 7.42. The molecule has 1 saturated carbocycles. The molecule has 3 heteroatoms. The smallest absolute Gasteiger partial charge is 0.305 e. The first-order chi connectivity index (χ1) is 8.53. The van der Waals surface area contributed by atoms with E-state index in [2.05, 4.69) is 19.2 Å². The lowest BCUT2D eigenvalue weighted by Crippen LogP contribution is -2.30. The van der Waals surface area contributed by atoms with Crippen molar-refractivity contribution in [2.45, 2.75) is 71.8 Å². The minimum atomic E-state index is -0.0682. The summed E-state index contributed by atoms with van der Waals surface area (Å²) in [6, 6.07) is 0.647. The summed E-state index contributed by atoms with van der Waals surface area (Å²) in [7, 11) is 0. The molecule has 0 spiro atoms. The zero-order valence-electron chi connectivity index (χ0n) is 12.3. The van der Waals surface area contributed by atoms with E-state index in [9.17, 15) is 4.79 Å². The van der Waals surface area contributed by atoms with Crippen LogP contribution >= 0.6 is 0 Å². The molecule has 0 bridgehead atoms. The summed E-state index contributed by atoms with van der Waals surface area (Å²) in [5.41, 5.74) is 0.515. The third-order valence-corrected chi connectivity index (χ3v) is 3.87. The molecular formula is C15H29NO2. The monoisotopic (exact) mass is 255 g/mol. The van der Waals surface area contributed by atoms with Gasteiger partial charge in [0, 0.05) is 12.5 Å². The number of carbonyl (C=O) groups is 1. The predicted octanol–water partition coefficient (Wildman–Crippen LogP) is 3.28. The number of hydrogen-bond acceptors (Lipinski definition) is 3. The maximum absolute atomic E-state index is 11.2. The maximum atomic E-state index is 11.2. The molecule has 0 aromatic carbocycles. The van der Waals surface area contributed by atoms with E-state index in [0.29, 0.717) is 24.5 Å². The Morgan fingerprint density at radius 3 is 2.83 bits per heavy atom. The quantitative estimate of drug-likeness (QED) is 0.450. The number of hydrogen-bond donors (Lipinski definition) is 1. The fourth-order valence-electron chi connectivity index (χ4n) is 2.64. The zero-order chi connectivity index (χ0) is 13.4. The Kier molecular flexibility index (Phi) is 6.69. The molecule has 0 heterocycles. The van der Waals surface area contributed by atoms with E-state index in [1.165, 1.54) is 32.1 Å². The summed E-state index contributed by atoms with van der Waals surface area (Å²) in [4.78, 5) is 11.2. The molecule has 0 aliphatic heterocycles. The van der Waals surface area contributed by atoms with Crippen LogP contribution in [0.1, 0.15) is 65.7 Å². The van der Waals surface area contributed by atoms with E-state index < -0.39 is 0 Å². The van der Waals surface area contributed by atoms with E-state index in [1.54, 1.807) is 0 Å². The SMILES string of the molecule is CCOC(=O)CCCNC1CCCC(C)(C)CC1. The van der Waals surface area contributed by atoms with Crippen LogP contribution in [-0.4, -0.2) is 25.2 Å². The second kappa shape index (κ2) is 7.78. The van der Waals surface area contributed by atoms with E-state index in [-0.39, 0.29) is 5.97 Å². The van der Waals surface area contributed by atoms with Gasteiger partial charge in [-0.1, -0.05) is 20.3 Å². The second-order valence-electron chi connectivity index (χ2n) is 6.15. The Labute approximate surface area is 112 Å². The summed E-state index contributed by atoms with van der Waals surface area (Å²) >= 11 is 0. The van der Waals surface area contributed by atoms with Crippen molar-refractivity contribution in [2.75, 3.05) is 13.2 Å². The second-order valence-corrected chi connectivity index (χ2v) is 6.15. The van der Waals surface area contributed by atoms with Crippen molar-refractivity contribution in [1.82, 2.24) is 5.32 Å². The molecule has 1 unspecified atom stereocenters. The summed E-state index contributed by atoms with van der Waals surface area (Å²) in [6.45, 7) is 8.02. The number of nitrogens with one attached hydrogen (secondary N) is 1. The van der Waals surface area contributed by atoms with E-state index in [0.717, 1.165) is 13.0 Å². The largest absolute Gasteiger partial charge is 0.466 e. The van der Waals surface area contributed by atoms with Gasteiger partial charge < -0.3 is 10.1 Å². The Morgan fingerprint density at radius 2 is 2.11 bits per heavy atom. The molecule has 1 aliphatic rings. The van der Waals surface area contributed by atoms with Crippen molar-refractivity contribution in [3.05, 3.63) is 0 Å². The van der Waals surface area contributed by atoms with Crippen molar-refractivity contribution in [1.29, 1.82) is 0 Å². The molecule has 0 aromatic rings. The zero-order valence-corrected chi connectivity index (χ0v) is 12.3. The van der Waals surface area contributed by atoms with Crippen molar-refractivity contribution < 1.29 is 9.53 Å². The Bertz CT molecular complexity index is 251. The average Bonchev–Trinajstić information content (AvgIpc) is 2.47. The molecule has 1 rings (SSSR count). The van der Waals surface area contributed by atoms with Crippen LogP contribution in [0.5, 0.6) is 0 Å². The Hall–Kier alpha value is -0.570. The van der Waals surface area contributed by atoms with Gasteiger partial charge in [-0.3, -0.25) is 4.79 Å². The Balaban J connectivity index is 2.10. The number of rotatable bonds is 6. The van der Waals surface area contributed by atoms with Gasteiger partial charge in [0.1, 0.15) is 0 Å². The fourth-order valence-corrected chi connectivity index (χ4v) is 2.64. The normalized spacial score (nSPS) is 23.4. The predicted molar refractivity (Wildman–Crippen MR) is 74.5 cm³/mol. The van der Waals surface area contributed by atoms with Crippen LogP contribution in [0.4, 0.5) is 0 Å². The third-order valence-electron chi connectivity index (χ3n) is 3.87. The lowest BCUT2D eigenvalue weighted by atomic mass is 9.85. The molecule has 106 valence electrons. The first kappa shape index (κ1) is 15.5. The van der Waals surface area contributed by atoms with Gasteiger partial charge in [-0.05, 0) is 51.0 Å². The first-order valence-electron chi connectivity index (χ1n) is 7.42. The molecule has 0 saturated heterocycles. The molecule has 1 atom stereocenters. The van der Waals surface area contributed by atoms with Gasteiger partial charge in [0.05, 0.1) is 6.61 Å². The highest BCUT2D eigenvalue weighted by atomic mass is 16.5. The molecule has 0 radical (unpaired) electrons. The molecule has 0 amide bonds. The molecule has 1 fully saturated rings. The van der Waals surface area contributed by atoms with Crippen molar-refractivity contribution in [3.63, 3.8) is 0 Å². The minimum absolute atomic E-state index is 0.0682. The highest BCUT2D eigenvalue weighted by Gasteiger charge is 2.23. The molecule has 18 heavy (non-hydrogen) atoms.